The predicted octanol–water partition coefficient (Wildman–Crippen LogP) is 7.27. The van der Waals surface area contributed by atoms with E-state index >= 15 is 0 Å². The van der Waals surface area contributed by atoms with E-state index in [0.717, 1.165) is 70.5 Å². The summed E-state index contributed by atoms with van der Waals surface area (Å²) in [7, 11) is 0. The van der Waals surface area contributed by atoms with Crippen molar-refractivity contribution < 1.29 is 24.2 Å². The predicted molar refractivity (Wildman–Crippen MR) is 131 cm³/mol. The Kier molecular flexibility index (Phi) is 20.1. The molecule has 0 aromatic carbocycles. The highest BCUT2D eigenvalue weighted by molar-refractivity contribution is 5.74. The van der Waals surface area contributed by atoms with Gasteiger partial charge in [-0.15, -0.1) is 0 Å². The van der Waals surface area contributed by atoms with Crippen LogP contribution in [0.25, 0.3) is 0 Å². The fourth-order valence-electron chi connectivity index (χ4n) is 4.01. The van der Waals surface area contributed by atoms with Crippen molar-refractivity contribution >= 4 is 18.2 Å². The molecule has 0 aliphatic carbocycles. The maximum atomic E-state index is 11.8. The van der Waals surface area contributed by atoms with Crippen molar-refractivity contribution in [3.05, 3.63) is 12.2 Å². The summed E-state index contributed by atoms with van der Waals surface area (Å²) >= 11 is 0. The van der Waals surface area contributed by atoms with E-state index in [2.05, 4.69) is 13.0 Å². The Labute approximate surface area is 196 Å². The molecule has 0 aromatic rings. The molecule has 0 radical (unpaired) electrons. The zero-order valence-electron chi connectivity index (χ0n) is 20.9. The van der Waals surface area contributed by atoms with Crippen molar-refractivity contribution in [1.29, 1.82) is 0 Å². The fourth-order valence-corrected chi connectivity index (χ4v) is 4.01. The van der Waals surface area contributed by atoms with E-state index in [1.165, 1.54) is 25.7 Å². The molecule has 0 heterocycles. The van der Waals surface area contributed by atoms with Crippen molar-refractivity contribution in [1.82, 2.24) is 0 Å². The molecule has 0 amide bonds. The number of carboxylic acids is 1. The number of carbonyl (C=O) groups is 3. The highest BCUT2D eigenvalue weighted by atomic mass is 16.5. The molecular weight excluding hydrogens is 404 g/mol. The maximum absolute atomic E-state index is 11.8. The van der Waals surface area contributed by atoms with Gasteiger partial charge >= 0.3 is 11.9 Å². The van der Waals surface area contributed by atoms with Crippen molar-refractivity contribution in [2.24, 2.45) is 11.8 Å². The van der Waals surface area contributed by atoms with Gasteiger partial charge in [0.25, 0.3) is 0 Å². The number of aliphatic carboxylic acids is 1. The lowest BCUT2D eigenvalue weighted by molar-refractivity contribution is -0.149. The van der Waals surface area contributed by atoms with Gasteiger partial charge in [-0.3, -0.25) is 9.59 Å². The zero-order chi connectivity index (χ0) is 24.0. The third kappa shape index (κ3) is 16.0. The highest BCUT2D eigenvalue weighted by Crippen LogP contribution is 2.25. The Morgan fingerprint density at radius 2 is 1.50 bits per heavy atom. The van der Waals surface area contributed by atoms with Crippen LogP contribution < -0.4 is 0 Å². The zero-order valence-corrected chi connectivity index (χ0v) is 20.9. The van der Waals surface area contributed by atoms with Crippen LogP contribution in [0.1, 0.15) is 124 Å². The normalized spacial score (nSPS) is 13.4. The van der Waals surface area contributed by atoms with E-state index in [-0.39, 0.29) is 24.4 Å². The summed E-state index contributed by atoms with van der Waals surface area (Å²) in [6.45, 7) is 6.26. The van der Waals surface area contributed by atoms with Gasteiger partial charge in [0, 0.05) is 12.8 Å². The molecule has 0 aromatic heterocycles. The Morgan fingerprint density at radius 1 is 0.875 bits per heavy atom. The smallest absolute Gasteiger partial charge is 0.307 e. The molecule has 2 unspecified atom stereocenters. The van der Waals surface area contributed by atoms with E-state index in [1.807, 2.05) is 19.9 Å². The molecular formula is C27H48O5. The highest BCUT2D eigenvalue weighted by Gasteiger charge is 2.25. The molecule has 5 nitrogen and oxygen atoms in total. The van der Waals surface area contributed by atoms with Crippen molar-refractivity contribution in [2.45, 2.75) is 130 Å². The maximum Gasteiger partial charge on any atom is 0.307 e. The molecule has 0 saturated carbocycles. The first-order valence-corrected chi connectivity index (χ1v) is 13.0. The largest absolute Gasteiger partial charge is 0.481 e. The molecule has 0 bridgehead atoms. The van der Waals surface area contributed by atoms with Crippen molar-refractivity contribution in [2.75, 3.05) is 0 Å². The van der Waals surface area contributed by atoms with Crippen LogP contribution in [0, 0.1) is 11.8 Å². The Balaban J connectivity index is 4.26. The van der Waals surface area contributed by atoms with E-state index in [0.29, 0.717) is 6.42 Å². The molecule has 5 heteroatoms. The minimum absolute atomic E-state index is 0.0470. The summed E-state index contributed by atoms with van der Waals surface area (Å²) in [5.74, 6) is -1.67. The molecule has 2 atom stereocenters. The van der Waals surface area contributed by atoms with E-state index in [1.54, 1.807) is 0 Å². The first kappa shape index (κ1) is 30.4. The second kappa shape index (κ2) is 21.2. The number of unbranched alkanes of at least 4 members (excludes halogenated alkanes) is 9. The van der Waals surface area contributed by atoms with Crippen LogP contribution in [-0.2, 0) is 19.1 Å². The Bertz CT molecular complexity index is 510. The average Bonchev–Trinajstić information content (AvgIpc) is 2.78. The minimum Gasteiger partial charge on any atom is -0.481 e. The summed E-state index contributed by atoms with van der Waals surface area (Å²) in [4.78, 5) is 34.4. The molecule has 0 fully saturated rings. The van der Waals surface area contributed by atoms with Crippen LogP contribution in [-0.4, -0.2) is 29.4 Å². The quantitative estimate of drug-likeness (QED) is 0.0808. The lowest BCUT2D eigenvalue weighted by Crippen LogP contribution is -2.23. The van der Waals surface area contributed by atoms with Gasteiger partial charge in [0.1, 0.15) is 12.4 Å². The number of ether oxygens (including phenoxy) is 1. The Morgan fingerprint density at radius 3 is 2.12 bits per heavy atom. The molecule has 0 rings (SSSR count). The molecule has 0 aliphatic heterocycles. The molecule has 186 valence electrons. The SMILES string of the molecule is CCCCCCCCC(/C=C/CCCCCCC(=O)OC(CC)CC)C(CC=O)C(=O)O. The third-order valence-corrected chi connectivity index (χ3v) is 6.17. The minimum atomic E-state index is -0.877. The second-order valence-corrected chi connectivity index (χ2v) is 8.88. The lowest BCUT2D eigenvalue weighted by atomic mass is 9.85. The number of aldehydes is 1. The number of rotatable bonds is 22. The molecule has 32 heavy (non-hydrogen) atoms. The summed E-state index contributed by atoms with van der Waals surface area (Å²) < 4.78 is 5.42. The van der Waals surface area contributed by atoms with Gasteiger partial charge in [0.15, 0.2) is 0 Å². The number of carboxylic acid groups (broad SMARTS) is 1. The van der Waals surface area contributed by atoms with Crippen molar-refractivity contribution in [3.8, 4) is 0 Å². The van der Waals surface area contributed by atoms with E-state index in [9.17, 15) is 19.5 Å². The molecule has 1 N–H and O–H groups in total. The first-order valence-electron chi connectivity index (χ1n) is 13.0. The fraction of sp³-hybridized carbons (Fsp3) is 0.815. The van der Waals surface area contributed by atoms with E-state index < -0.39 is 11.9 Å². The van der Waals surface area contributed by atoms with Gasteiger partial charge in [-0.05, 0) is 44.4 Å². The van der Waals surface area contributed by atoms with Crippen LogP contribution in [0.3, 0.4) is 0 Å². The van der Waals surface area contributed by atoms with Gasteiger partial charge in [-0.25, -0.2) is 0 Å². The summed E-state index contributed by atoms with van der Waals surface area (Å²) in [6.07, 6.45) is 19.9. The van der Waals surface area contributed by atoms with Crippen LogP contribution in [0.2, 0.25) is 0 Å². The molecule has 0 saturated heterocycles. The van der Waals surface area contributed by atoms with Crippen molar-refractivity contribution in [3.63, 3.8) is 0 Å². The van der Waals surface area contributed by atoms with Crippen LogP contribution in [0.15, 0.2) is 12.2 Å². The summed E-state index contributed by atoms with van der Waals surface area (Å²) in [6, 6.07) is 0. The first-order chi connectivity index (χ1) is 15.5. The number of esters is 1. The third-order valence-electron chi connectivity index (χ3n) is 6.17. The standard InChI is InChI=1S/C27H48O5/c1-4-7-8-9-12-15-18-23(25(21-22-28)27(30)31)19-16-13-10-11-14-17-20-26(29)32-24(5-2)6-3/h16,19,22-25H,4-15,17-18,20-21H2,1-3H3,(H,30,31)/b19-16+. The lowest BCUT2D eigenvalue weighted by Gasteiger charge is -2.19. The van der Waals surface area contributed by atoms with E-state index in [4.69, 9.17) is 4.74 Å². The monoisotopic (exact) mass is 452 g/mol. The second-order valence-electron chi connectivity index (χ2n) is 8.88. The van der Waals surface area contributed by atoms with Gasteiger partial charge < -0.3 is 14.6 Å². The van der Waals surface area contributed by atoms with Gasteiger partial charge in [-0.1, -0.05) is 84.3 Å². The number of carbonyl (C=O) groups excluding carboxylic acids is 2. The van der Waals surface area contributed by atoms with Gasteiger partial charge in [0.2, 0.25) is 0 Å². The number of allylic oxidation sites excluding steroid dienone is 2. The summed E-state index contributed by atoms with van der Waals surface area (Å²) in [5.41, 5.74) is 0. The van der Waals surface area contributed by atoms with Crippen LogP contribution >= 0.6 is 0 Å². The number of hydrogen-bond acceptors (Lipinski definition) is 4. The number of hydrogen-bond donors (Lipinski definition) is 1. The molecule has 0 spiro atoms. The average molecular weight is 453 g/mol. The topological polar surface area (TPSA) is 80.7 Å². The summed E-state index contributed by atoms with van der Waals surface area (Å²) in [5, 5.41) is 9.55. The van der Waals surface area contributed by atoms with Crippen LogP contribution in [0.5, 0.6) is 0 Å². The van der Waals surface area contributed by atoms with Crippen LogP contribution in [0.4, 0.5) is 0 Å². The van der Waals surface area contributed by atoms with Gasteiger partial charge in [-0.2, -0.15) is 0 Å². The Hall–Kier alpha value is -1.65. The van der Waals surface area contributed by atoms with Gasteiger partial charge in [0.05, 0.1) is 5.92 Å². The molecule has 0 aliphatic rings.